The van der Waals surface area contributed by atoms with E-state index in [9.17, 15) is 18.0 Å². The smallest absolute Gasteiger partial charge is 0.326 e. The third-order valence-electron chi connectivity index (χ3n) is 2.81. The van der Waals surface area contributed by atoms with Gasteiger partial charge in [-0.05, 0) is 19.3 Å². The average molecular weight is 278 g/mol. The van der Waals surface area contributed by atoms with Crippen LogP contribution in [0.2, 0.25) is 0 Å². The Morgan fingerprint density at radius 3 is 2.61 bits per heavy atom. The topological polar surface area (TPSA) is 113 Å². The molecule has 0 spiro atoms. The molecule has 1 unspecified atom stereocenters. The van der Waals surface area contributed by atoms with Crippen LogP contribution < -0.4 is 10.6 Å². The van der Waals surface area contributed by atoms with Crippen LogP contribution in [0.1, 0.15) is 26.2 Å². The fourth-order valence-electron chi connectivity index (χ4n) is 1.86. The van der Waals surface area contributed by atoms with E-state index in [1.807, 2.05) is 0 Å². The monoisotopic (exact) mass is 278 g/mol. The second-order valence-electron chi connectivity index (χ2n) is 4.37. The predicted molar refractivity (Wildman–Crippen MR) is 65.1 cm³/mol. The SMILES string of the molecule is CC[C@H](NC(=O)NC1CCCS(=O)(=O)C1)C(=O)O. The summed E-state index contributed by atoms with van der Waals surface area (Å²) in [6.45, 7) is 1.64. The van der Waals surface area contributed by atoms with Gasteiger partial charge in [-0.2, -0.15) is 0 Å². The second kappa shape index (κ2) is 6.03. The van der Waals surface area contributed by atoms with Crippen molar-refractivity contribution < 1.29 is 23.1 Å². The van der Waals surface area contributed by atoms with Crippen LogP contribution in [-0.4, -0.2) is 49.1 Å². The van der Waals surface area contributed by atoms with Crippen LogP contribution in [0.5, 0.6) is 0 Å². The first-order valence-corrected chi connectivity index (χ1v) is 7.66. The maximum absolute atomic E-state index is 11.5. The molecule has 8 heteroatoms. The number of carboxylic acids is 1. The molecule has 2 amide bonds. The molecule has 1 heterocycles. The van der Waals surface area contributed by atoms with Crippen LogP contribution >= 0.6 is 0 Å². The summed E-state index contributed by atoms with van der Waals surface area (Å²) in [6.07, 6.45) is 1.38. The van der Waals surface area contributed by atoms with Gasteiger partial charge in [-0.25, -0.2) is 18.0 Å². The molecule has 0 bridgehead atoms. The minimum absolute atomic E-state index is 0.0791. The number of carbonyl (C=O) groups is 2. The fourth-order valence-corrected chi connectivity index (χ4v) is 3.50. The molecule has 0 aromatic heterocycles. The van der Waals surface area contributed by atoms with Crippen molar-refractivity contribution in [3.8, 4) is 0 Å². The molecule has 0 radical (unpaired) electrons. The lowest BCUT2D eigenvalue weighted by Crippen LogP contribution is -2.51. The van der Waals surface area contributed by atoms with Gasteiger partial charge < -0.3 is 15.7 Å². The lowest BCUT2D eigenvalue weighted by Gasteiger charge is -2.24. The molecule has 0 aromatic carbocycles. The van der Waals surface area contributed by atoms with E-state index in [0.717, 1.165) is 0 Å². The van der Waals surface area contributed by atoms with Crippen molar-refractivity contribution in [3.63, 3.8) is 0 Å². The van der Waals surface area contributed by atoms with Crippen molar-refractivity contribution >= 4 is 21.8 Å². The summed E-state index contributed by atoms with van der Waals surface area (Å²) in [7, 11) is -3.09. The van der Waals surface area contributed by atoms with E-state index in [4.69, 9.17) is 5.11 Å². The molecule has 104 valence electrons. The van der Waals surface area contributed by atoms with Gasteiger partial charge >= 0.3 is 12.0 Å². The largest absolute Gasteiger partial charge is 0.480 e. The number of hydrogen-bond donors (Lipinski definition) is 3. The van der Waals surface area contributed by atoms with Gasteiger partial charge in [0.25, 0.3) is 0 Å². The summed E-state index contributed by atoms with van der Waals surface area (Å²) in [5, 5.41) is 13.6. The Balaban J connectivity index is 2.47. The van der Waals surface area contributed by atoms with Gasteiger partial charge in [-0.15, -0.1) is 0 Å². The highest BCUT2D eigenvalue weighted by Crippen LogP contribution is 2.11. The molecule has 1 fully saturated rings. The molecule has 0 aliphatic carbocycles. The van der Waals surface area contributed by atoms with Crippen LogP contribution in [0, 0.1) is 0 Å². The first-order chi connectivity index (χ1) is 8.34. The van der Waals surface area contributed by atoms with Gasteiger partial charge in [0.1, 0.15) is 6.04 Å². The van der Waals surface area contributed by atoms with Crippen LogP contribution in [0.15, 0.2) is 0 Å². The summed E-state index contributed by atoms with van der Waals surface area (Å²) < 4.78 is 22.7. The third kappa shape index (κ3) is 4.52. The van der Waals surface area contributed by atoms with Gasteiger partial charge in [0.2, 0.25) is 0 Å². The van der Waals surface area contributed by atoms with Gasteiger partial charge in [0.05, 0.1) is 11.5 Å². The van der Waals surface area contributed by atoms with Crippen molar-refractivity contribution in [1.29, 1.82) is 0 Å². The quantitative estimate of drug-likeness (QED) is 0.655. The summed E-state index contributed by atoms with van der Waals surface area (Å²) in [5.74, 6) is -1.03. The highest BCUT2D eigenvalue weighted by molar-refractivity contribution is 7.91. The first kappa shape index (κ1) is 14.7. The Morgan fingerprint density at radius 2 is 2.11 bits per heavy atom. The zero-order valence-electron chi connectivity index (χ0n) is 10.2. The molecule has 1 saturated heterocycles. The van der Waals surface area contributed by atoms with E-state index in [2.05, 4.69) is 10.6 Å². The summed E-state index contributed by atoms with van der Waals surface area (Å²) in [5.41, 5.74) is 0. The normalized spacial score (nSPS) is 23.9. The number of hydrogen-bond acceptors (Lipinski definition) is 4. The van der Waals surface area contributed by atoms with E-state index in [0.29, 0.717) is 12.8 Å². The second-order valence-corrected chi connectivity index (χ2v) is 6.60. The van der Waals surface area contributed by atoms with Crippen molar-refractivity contribution in [1.82, 2.24) is 10.6 Å². The minimum atomic E-state index is -3.09. The number of aliphatic carboxylic acids is 1. The van der Waals surface area contributed by atoms with E-state index >= 15 is 0 Å². The fraction of sp³-hybridized carbons (Fsp3) is 0.800. The molecule has 2 atom stereocenters. The molecule has 1 aliphatic heterocycles. The van der Waals surface area contributed by atoms with Crippen molar-refractivity contribution in [2.45, 2.75) is 38.3 Å². The van der Waals surface area contributed by atoms with Crippen molar-refractivity contribution in [2.24, 2.45) is 0 Å². The van der Waals surface area contributed by atoms with Crippen LogP contribution in [0.3, 0.4) is 0 Å². The van der Waals surface area contributed by atoms with Crippen LogP contribution in [0.25, 0.3) is 0 Å². The lowest BCUT2D eigenvalue weighted by atomic mass is 10.2. The highest BCUT2D eigenvalue weighted by atomic mass is 32.2. The molecular formula is C10H18N2O5S. The lowest BCUT2D eigenvalue weighted by molar-refractivity contribution is -0.139. The number of rotatable bonds is 4. The predicted octanol–water partition coefficient (Wildman–Crippen LogP) is -0.274. The Bertz CT molecular complexity index is 420. The zero-order valence-corrected chi connectivity index (χ0v) is 11.0. The third-order valence-corrected chi connectivity index (χ3v) is 4.63. The van der Waals surface area contributed by atoms with E-state index < -0.39 is 33.9 Å². The Labute approximate surface area is 106 Å². The number of carbonyl (C=O) groups excluding carboxylic acids is 1. The van der Waals surface area contributed by atoms with Gasteiger partial charge in [0.15, 0.2) is 9.84 Å². The molecule has 18 heavy (non-hydrogen) atoms. The number of urea groups is 1. The highest BCUT2D eigenvalue weighted by Gasteiger charge is 2.27. The molecule has 0 saturated carbocycles. The first-order valence-electron chi connectivity index (χ1n) is 5.84. The molecule has 0 aromatic rings. The summed E-state index contributed by atoms with van der Waals surface area (Å²) >= 11 is 0. The zero-order chi connectivity index (χ0) is 13.8. The maximum atomic E-state index is 11.5. The van der Waals surface area contributed by atoms with Crippen molar-refractivity contribution in [3.05, 3.63) is 0 Å². The molecule has 3 N–H and O–H groups in total. The number of nitrogens with one attached hydrogen (secondary N) is 2. The van der Waals surface area contributed by atoms with Crippen molar-refractivity contribution in [2.75, 3.05) is 11.5 Å². The van der Waals surface area contributed by atoms with E-state index in [1.165, 1.54) is 0 Å². The molecular weight excluding hydrogens is 260 g/mol. The van der Waals surface area contributed by atoms with E-state index in [-0.39, 0.29) is 17.9 Å². The van der Waals surface area contributed by atoms with Crippen LogP contribution in [-0.2, 0) is 14.6 Å². The number of sulfone groups is 1. The number of carboxylic acid groups (broad SMARTS) is 1. The average Bonchev–Trinajstić information content (AvgIpc) is 2.23. The Kier molecular flexibility index (Phi) is 4.94. The Hall–Kier alpha value is -1.31. The number of amides is 2. The minimum Gasteiger partial charge on any atom is -0.480 e. The van der Waals surface area contributed by atoms with Gasteiger partial charge in [0, 0.05) is 6.04 Å². The molecule has 1 aliphatic rings. The van der Waals surface area contributed by atoms with Crippen LogP contribution in [0.4, 0.5) is 4.79 Å². The molecule has 7 nitrogen and oxygen atoms in total. The van der Waals surface area contributed by atoms with Gasteiger partial charge in [-0.1, -0.05) is 6.92 Å². The summed E-state index contributed by atoms with van der Waals surface area (Å²) in [4.78, 5) is 22.2. The van der Waals surface area contributed by atoms with E-state index in [1.54, 1.807) is 6.92 Å². The maximum Gasteiger partial charge on any atom is 0.326 e. The Morgan fingerprint density at radius 1 is 1.44 bits per heavy atom. The van der Waals surface area contributed by atoms with Gasteiger partial charge in [-0.3, -0.25) is 0 Å². The standard InChI is InChI=1S/C10H18N2O5S/c1-2-8(9(13)14)12-10(15)11-7-4-3-5-18(16,17)6-7/h7-8H,2-6H2,1H3,(H,13,14)(H2,11,12,15)/t7?,8-/m0/s1. The summed E-state index contributed by atoms with van der Waals surface area (Å²) in [6, 6.07) is -2.02. The molecule has 1 rings (SSSR count).